The van der Waals surface area contributed by atoms with Crippen molar-refractivity contribution < 1.29 is 9.53 Å². The number of ether oxygens (including phenoxy) is 1. The van der Waals surface area contributed by atoms with Crippen LogP contribution in [0.3, 0.4) is 0 Å². The van der Waals surface area contributed by atoms with Crippen LogP contribution in [0.4, 0.5) is 5.82 Å². The standard InChI is InChI=1S/C21H19N5O2/c1-25(16-12-26(13-16)20-18(11-22)23-7-8-24-20)21(27)17-9-14-5-3-4-6-15(14)10-19(17)28-2/h3-10,16H,12-13H2,1-2H3. The number of carbonyl (C=O) groups is 1. The summed E-state index contributed by atoms with van der Waals surface area (Å²) < 4.78 is 5.46. The van der Waals surface area contributed by atoms with E-state index >= 15 is 0 Å². The SMILES string of the molecule is COc1cc2ccccc2cc1C(=O)N(C)C1CN(c2nccnc2C#N)C1. The Morgan fingerprint density at radius 3 is 2.57 bits per heavy atom. The van der Waals surface area contributed by atoms with Gasteiger partial charge in [-0.3, -0.25) is 4.79 Å². The number of nitriles is 1. The molecule has 7 heteroatoms. The molecule has 1 amide bonds. The number of hydrogen-bond donors (Lipinski definition) is 0. The van der Waals surface area contributed by atoms with Crippen molar-refractivity contribution in [2.75, 3.05) is 32.1 Å². The molecule has 0 atom stereocenters. The molecule has 0 saturated carbocycles. The quantitative estimate of drug-likeness (QED) is 0.699. The lowest BCUT2D eigenvalue weighted by molar-refractivity contribution is 0.0702. The highest BCUT2D eigenvalue weighted by atomic mass is 16.5. The molecule has 7 nitrogen and oxygen atoms in total. The van der Waals surface area contributed by atoms with Crippen LogP contribution in [0.15, 0.2) is 48.8 Å². The summed E-state index contributed by atoms with van der Waals surface area (Å²) >= 11 is 0. The molecular formula is C21H19N5O2. The fraction of sp³-hybridized carbons (Fsp3) is 0.238. The molecule has 0 radical (unpaired) electrons. The zero-order chi connectivity index (χ0) is 19.7. The maximum absolute atomic E-state index is 13.1. The first-order valence-electron chi connectivity index (χ1n) is 8.92. The van der Waals surface area contributed by atoms with Crippen molar-refractivity contribution >= 4 is 22.5 Å². The molecule has 2 aromatic carbocycles. The van der Waals surface area contributed by atoms with Crippen molar-refractivity contribution in [1.82, 2.24) is 14.9 Å². The Labute approximate surface area is 162 Å². The van der Waals surface area contributed by atoms with Crippen LogP contribution in [-0.2, 0) is 0 Å². The van der Waals surface area contributed by atoms with Gasteiger partial charge in [0.1, 0.15) is 11.8 Å². The molecule has 0 bridgehead atoms. The smallest absolute Gasteiger partial charge is 0.257 e. The van der Waals surface area contributed by atoms with Gasteiger partial charge in [-0.25, -0.2) is 9.97 Å². The molecule has 1 saturated heterocycles. The fourth-order valence-electron chi connectivity index (χ4n) is 3.43. The summed E-state index contributed by atoms with van der Waals surface area (Å²) in [7, 11) is 3.37. The van der Waals surface area contributed by atoms with Crippen molar-refractivity contribution in [3.8, 4) is 11.8 Å². The van der Waals surface area contributed by atoms with E-state index in [9.17, 15) is 10.1 Å². The number of benzene rings is 2. The van der Waals surface area contributed by atoms with Crippen LogP contribution >= 0.6 is 0 Å². The molecule has 1 aromatic heterocycles. The molecule has 28 heavy (non-hydrogen) atoms. The van der Waals surface area contributed by atoms with Crippen LogP contribution in [0, 0.1) is 11.3 Å². The lowest BCUT2D eigenvalue weighted by atomic mass is 10.0. The number of anilines is 1. The van der Waals surface area contributed by atoms with E-state index < -0.39 is 0 Å². The lowest BCUT2D eigenvalue weighted by Crippen LogP contribution is -2.60. The summed E-state index contributed by atoms with van der Waals surface area (Å²) in [5.74, 6) is 1.03. The van der Waals surface area contributed by atoms with E-state index in [-0.39, 0.29) is 11.9 Å². The van der Waals surface area contributed by atoms with Crippen molar-refractivity contribution in [2.45, 2.75) is 6.04 Å². The Bertz CT molecular complexity index is 1090. The molecule has 1 aliphatic heterocycles. The van der Waals surface area contributed by atoms with E-state index in [2.05, 4.69) is 16.0 Å². The van der Waals surface area contributed by atoms with Crippen LogP contribution in [0.1, 0.15) is 16.1 Å². The van der Waals surface area contributed by atoms with Crippen molar-refractivity contribution in [2.24, 2.45) is 0 Å². The number of hydrogen-bond acceptors (Lipinski definition) is 6. The topological polar surface area (TPSA) is 82.3 Å². The summed E-state index contributed by atoms with van der Waals surface area (Å²) in [5.41, 5.74) is 0.838. The highest BCUT2D eigenvalue weighted by Crippen LogP contribution is 2.29. The van der Waals surface area contributed by atoms with E-state index in [1.165, 1.54) is 6.20 Å². The van der Waals surface area contributed by atoms with Gasteiger partial charge in [0.25, 0.3) is 5.91 Å². The average molecular weight is 373 g/mol. The molecular weight excluding hydrogens is 354 g/mol. The second-order valence-electron chi connectivity index (χ2n) is 6.71. The van der Waals surface area contributed by atoms with Gasteiger partial charge in [0.05, 0.1) is 18.7 Å². The summed E-state index contributed by atoms with van der Waals surface area (Å²) in [4.78, 5) is 25.1. The number of aromatic nitrogens is 2. The maximum atomic E-state index is 13.1. The minimum absolute atomic E-state index is 0.0252. The summed E-state index contributed by atoms with van der Waals surface area (Å²) in [6, 6.07) is 13.7. The zero-order valence-electron chi connectivity index (χ0n) is 15.7. The predicted octanol–water partition coefficient (Wildman–Crippen LogP) is 2.47. The summed E-state index contributed by atoms with van der Waals surface area (Å²) in [6.07, 6.45) is 3.07. The minimum Gasteiger partial charge on any atom is -0.496 e. The van der Waals surface area contributed by atoms with Crippen LogP contribution in [-0.4, -0.2) is 54.1 Å². The molecule has 1 aliphatic rings. The predicted molar refractivity (Wildman–Crippen MR) is 105 cm³/mol. The van der Waals surface area contributed by atoms with Gasteiger partial charge in [0, 0.05) is 32.5 Å². The van der Waals surface area contributed by atoms with Crippen molar-refractivity contribution in [1.29, 1.82) is 5.26 Å². The van der Waals surface area contributed by atoms with Gasteiger partial charge in [-0.15, -0.1) is 0 Å². The Hall–Kier alpha value is -3.66. The molecule has 0 N–H and O–H groups in total. The number of nitrogens with zero attached hydrogens (tertiary/aromatic N) is 5. The number of methoxy groups -OCH3 is 1. The van der Waals surface area contributed by atoms with Crippen LogP contribution in [0.5, 0.6) is 5.75 Å². The van der Waals surface area contributed by atoms with Gasteiger partial charge < -0.3 is 14.5 Å². The second-order valence-corrected chi connectivity index (χ2v) is 6.71. The van der Waals surface area contributed by atoms with Crippen LogP contribution in [0.2, 0.25) is 0 Å². The Morgan fingerprint density at radius 1 is 1.21 bits per heavy atom. The van der Waals surface area contributed by atoms with Crippen molar-refractivity contribution in [3.63, 3.8) is 0 Å². The van der Waals surface area contributed by atoms with Gasteiger partial charge in [0.15, 0.2) is 11.5 Å². The molecule has 0 aliphatic carbocycles. The van der Waals surface area contributed by atoms with E-state index in [4.69, 9.17) is 4.74 Å². The highest BCUT2D eigenvalue weighted by molar-refractivity contribution is 6.01. The third kappa shape index (κ3) is 2.99. The van der Waals surface area contributed by atoms with Crippen LogP contribution < -0.4 is 9.64 Å². The second kappa shape index (κ2) is 7.16. The van der Waals surface area contributed by atoms with Crippen LogP contribution in [0.25, 0.3) is 10.8 Å². The fourth-order valence-corrected chi connectivity index (χ4v) is 3.43. The Kier molecular flexibility index (Phi) is 4.53. The molecule has 0 spiro atoms. The molecule has 1 fully saturated rings. The van der Waals surface area contributed by atoms with E-state index in [1.807, 2.05) is 41.3 Å². The first kappa shape index (κ1) is 17.7. The number of fused-ring (bicyclic) bond motifs is 1. The number of amides is 1. The van der Waals surface area contributed by atoms with Gasteiger partial charge >= 0.3 is 0 Å². The minimum atomic E-state index is -0.0908. The molecule has 4 rings (SSSR count). The molecule has 2 heterocycles. The van der Waals surface area contributed by atoms with Gasteiger partial charge in [-0.05, 0) is 22.9 Å². The average Bonchev–Trinajstić information content (AvgIpc) is 2.71. The first-order chi connectivity index (χ1) is 13.6. The monoisotopic (exact) mass is 373 g/mol. The maximum Gasteiger partial charge on any atom is 0.257 e. The molecule has 3 aromatic rings. The number of carbonyl (C=O) groups excluding carboxylic acids is 1. The third-order valence-corrected chi connectivity index (χ3v) is 5.11. The van der Waals surface area contributed by atoms with Gasteiger partial charge in [-0.2, -0.15) is 5.26 Å². The Morgan fingerprint density at radius 2 is 1.89 bits per heavy atom. The van der Waals surface area contributed by atoms with E-state index in [0.717, 1.165) is 10.8 Å². The van der Waals surface area contributed by atoms with Crippen molar-refractivity contribution in [3.05, 3.63) is 60.0 Å². The van der Waals surface area contributed by atoms with Gasteiger partial charge in [-0.1, -0.05) is 24.3 Å². The van der Waals surface area contributed by atoms with Gasteiger partial charge in [0.2, 0.25) is 0 Å². The summed E-state index contributed by atoms with van der Waals surface area (Å²) in [6.45, 7) is 1.21. The van der Waals surface area contributed by atoms with E-state index in [0.29, 0.717) is 35.9 Å². The third-order valence-electron chi connectivity index (χ3n) is 5.11. The zero-order valence-corrected chi connectivity index (χ0v) is 15.7. The lowest BCUT2D eigenvalue weighted by Gasteiger charge is -2.44. The normalized spacial score (nSPS) is 13.7. The summed E-state index contributed by atoms with van der Waals surface area (Å²) in [5, 5.41) is 11.2. The van der Waals surface area contributed by atoms with E-state index in [1.54, 1.807) is 25.3 Å². The highest BCUT2D eigenvalue weighted by Gasteiger charge is 2.35. The largest absolute Gasteiger partial charge is 0.496 e. The molecule has 140 valence electrons. The Balaban J connectivity index is 1.54. The number of rotatable bonds is 4. The molecule has 0 unspecified atom stereocenters. The first-order valence-corrected chi connectivity index (χ1v) is 8.92. The number of likely N-dealkylation sites (N-methyl/N-ethyl adjacent to an activating group) is 1.